The molecule has 0 bridgehead atoms. The van der Waals surface area contributed by atoms with Gasteiger partial charge in [0.25, 0.3) is 0 Å². The van der Waals surface area contributed by atoms with Crippen LogP contribution in [0.25, 0.3) is 0 Å². The molecule has 0 saturated carbocycles. The van der Waals surface area contributed by atoms with E-state index < -0.39 is 10.0 Å². The van der Waals surface area contributed by atoms with Crippen molar-refractivity contribution in [3.8, 4) is 5.75 Å². The van der Waals surface area contributed by atoms with Crippen LogP contribution in [-0.2, 0) is 19.6 Å². The van der Waals surface area contributed by atoms with Crippen molar-refractivity contribution < 1.29 is 22.7 Å². The minimum Gasteiger partial charge on any atom is -0.495 e. The third kappa shape index (κ3) is 5.43. The summed E-state index contributed by atoms with van der Waals surface area (Å²) >= 11 is 7.40. The largest absolute Gasteiger partial charge is 0.495 e. The van der Waals surface area contributed by atoms with Crippen molar-refractivity contribution in [2.45, 2.75) is 9.79 Å². The van der Waals surface area contributed by atoms with Gasteiger partial charge in [-0.2, -0.15) is 4.31 Å². The molecule has 2 aromatic carbocycles. The molecule has 1 amide bonds. The maximum Gasteiger partial charge on any atom is 0.243 e. The van der Waals surface area contributed by atoms with Gasteiger partial charge in [-0.05, 0) is 30.3 Å². The summed E-state index contributed by atoms with van der Waals surface area (Å²) in [6.07, 6.45) is 0. The highest BCUT2D eigenvalue weighted by Gasteiger charge is 2.27. The molecule has 1 fully saturated rings. The second-order valence-electron chi connectivity index (χ2n) is 6.15. The number of nitrogens with zero attached hydrogens (tertiary/aromatic N) is 1. The predicted molar refractivity (Wildman–Crippen MR) is 113 cm³/mol. The highest BCUT2D eigenvalue weighted by atomic mass is 35.5. The Balaban J connectivity index is 1.75. The highest BCUT2D eigenvalue weighted by molar-refractivity contribution is 8.00. The first-order valence-electron chi connectivity index (χ1n) is 8.85. The van der Waals surface area contributed by atoms with E-state index in [2.05, 4.69) is 5.32 Å². The van der Waals surface area contributed by atoms with Crippen LogP contribution in [0.15, 0.2) is 52.3 Å². The van der Waals surface area contributed by atoms with Crippen LogP contribution in [-0.4, -0.2) is 57.8 Å². The summed E-state index contributed by atoms with van der Waals surface area (Å²) in [5.41, 5.74) is 0.298. The van der Waals surface area contributed by atoms with E-state index in [0.717, 1.165) is 4.90 Å². The Morgan fingerprint density at radius 1 is 1.24 bits per heavy atom. The van der Waals surface area contributed by atoms with Crippen LogP contribution < -0.4 is 10.1 Å². The van der Waals surface area contributed by atoms with Gasteiger partial charge in [-0.15, -0.1) is 11.8 Å². The van der Waals surface area contributed by atoms with E-state index in [1.807, 2.05) is 18.2 Å². The standard InChI is InChI=1S/C19H21ClN2O5S2/c1-26-17-7-6-14(29(24,25)22-8-10-27-11-9-22)12-16(17)21-19(23)13-28-18-5-3-2-4-15(18)20/h2-7,12H,8-11,13H2,1H3,(H,21,23). The summed E-state index contributed by atoms with van der Waals surface area (Å²) in [5, 5.41) is 3.30. The molecule has 3 rings (SSSR count). The number of morpholine rings is 1. The number of methoxy groups -OCH3 is 1. The molecule has 0 aliphatic carbocycles. The Morgan fingerprint density at radius 2 is 1.97 bits per heavy atom. The summed E-state index contributed by atoms with van der Waals surface area (Å²) in [6.45, 7) is 1.31. The molecular weight excluding hydrogens is 436 g/mol. The number of hydrogen-bond acceptors (Lipinski definition) is 6. The summed E-state index contributed by atoms with van der Waals surface area (Å²) in [6, 6.07) is 11.7. The zero-order valence-electron chi connectivity index (χ0n) is 15.8. The van der Waals surface area contributed by atoms with Gasteiger partial charge < -0.3 is 14.8 Å². The summed E-state index contributed by atoms with van der Waals surface area (Å²) in [7, 11) is -2.22. The fourth-order valence-electron chi connectivity index (χ4n) is 2.77. The lowest BCUT2D eigenvalue weighted by atomic mass is 10.3. The minimum absolute atomic E-state index is 0.0919. The average molecular weight is 457 g/mol. The van der Waals surface area contributed by atoms with Gasteiger partial charge in [-0.25, -0.2) is 8.42 Å². The minimum atomic E-state index is -3.68. The lowest BCUT2D eigenvalue weighted by molar-refractivity contribution is -0.113. The van der Waals surface area contributed by atoms with Gasteiger partial charge >= 0.3 is 0 Å². The van der Waals surface area contributed by atoms with E-state index in [4.69, 9.17) is 21.1 Å². The van der Waals surface area contributed by atoms with Gasteiger partial charge in [0.15, 0.2) is 0 Å². The molecule has 156 valence electrons. The molecular formula is C19H21ClN2O5S2. The smallest absolute Gasteiger partial charge is 0.243 e. The number of ether oxygens (including phenoxy) is 2. The van der Waals surface area contributed by atoms with Gasteiger partial charge in [0.1, 0.15) is 5.75 Å². The lowest BCUT2D eigenvalue weighted by Crippen LogP contribution is -2.40. The van der Waals surface area contributed by atoms with Gasteiger partial charge in [0, 0.05) is 18.0 Å². The zero-order chi connectivity index (χ0) is 20.9. The SMILES string of the molecule is COc1ccc(S(=O)(=O)N2CCOCC2)cc1NC(=O)CSc1ccccc1Cl. The molecule has 1 N–H and O–H groups in total. The first kappa shape index (κ1) is 21.9. The Kier molecular flexibility index (Phi) is 7.42. The van der Waals surface area contributed by atoms with Gasteiger partial charge in [0.2, 0.25) is 15.9 Å². The molecule has 0 atom stereocenters. The topological polar surface area (TPSA) is 84.9 Å². The monoisotopic (exact) mass is 456 g/mol. The van der Waals surface area contributed by atoms with Crippen LogP contribution in [0.5, 0.6) is 5.75 Å². The molecule has 1 heterocycles. The third-order valence-corrected chi connectivity index (χ3v) is 7.66. The number of halogens is 1. The molecule has 0 spiro atoms. The third-order valence-electron chi connectivity index (χ3n) is 4.25. The van der Waals surface area contributed by atoms with Gasteiger partial charge in [0.05, 0.1) is 41.7 Å². The number of carbonyl (C=O) groups is 1. The maximum atomic E-state index is 12.9. The molecule has 2 aromatic rings. The van der Waals surface area contributed by atoms with Crippen LogP contribution in [0.2, 0.25) is 5.02 Å². The molecule has 7 nitrogen and oxygen atoms in total. The first-order chi connectivity index (χ1) is 13.9. The summed E-state index contributed by atoms with van der Waals surface area (Å²) in [4.78, 5) is 13.3. The van der Waals surface area contributed by atoms with Gasteiger partial charge in [-0.3, -0.25) is 4.79 Å². The normalized spacial score (nSPS) is 15.1. The van der Waals surface area contributed by atoms with Crippen molar-refractivity contribution >= 4 is 45.0 Å². The molecule has 0 radical (unpaired) electrons. The fraction of sp³-hybridized carbons (Fsp3) is 0.316. The Labute approximate surface area is 179 Å². The molecule has 0 unspecified atom stereocenters. The maximum absolute atomic E-state index is 12.9. The number of carbonyl (C=O) groups excluding carboxylic acids is 1. The average Bonchev–Trinajstić information content (AvgIpc) is 2.73. The first-order valence-corrected chi connectivity index (χ1v) is 11.7. The number of anilines is 1. The number of amides is 1. The molecule has 1 aliphatic rings. The molecule has 1 saturated heterocycles. The quantitative estimate of drug-likeness (QED) is 0.644. The van der Waals surface area contributed by atoms with Crippen LogP contribution in [0.3, 0.4) is 0 Å². The Hall–Kier alpha value is -1.78. The number of nitrogens with one attached hydrogen (secondary N) is 1. The van der Waals surface area contributed by atoms with E-state index in [9.17, 15) is 13.2 Å². The van der Waals surface area contributed by atoms with Crippen molar-refractivity contribution in [1.29, 1.82) is 0 Å². The van der Waals surface area contributed by atoms with Crippen molar-refractivity contribution in [3.63, 3.8) is 0 Å². The number of hydrogen-bond donors (Lipinski definition) is 1. The fourth-order valence-corrected chi connectivity index (χ4v) is 5.25. The van der Waals surface area contributed by atoms with Crippen LogP contribution in [0.1, 0.15) is 0 Å². The zero-order valence-corrected chi connectivity index (χ0v) is 18.1. The summed E-state index contributed by atoms with van der Waals surface area (Å²) < 4.78 is 37.6. The molecule has 1 aliphatic heterocycles. The van der Waals surface area contributed by atoms with Crippen molar-refractivity contribution in [3.05, 3.63) is 47.5 Å². The second-order valence-corrected chi connectivity index (χ2v) is 9.51. The van der Waals surface area contributed by atoms with E-state index in [1.54, 1.807) is 6.07 Å². The Morgan fingerprint density at radius 3 is 2.66 bits per heavy atom. The van der Waals surface area contributed by atoms with E-state index in [-0.39, 0.29) is 16.6 Å². The predicted octanol–water partition coefficient (Wildman–Crippen LogP) is 3.10. The lowest BCUT2D eigenvalue weighted by Gasteiger charge is -2.26. The van der Waals surface area contributed by atoms with Crippen molar-refractivity contribution in [2.75, 3.05) is 44.5 Å². The van der Waals surface area contributed by atoms with E-state index in [0.29, 0.717) is 42.8 Å². The van der Waals surface area contributed by atoms with Crippen LogP contribution in [0, 0.1) is 0 Å². The highest BCUT2D eigenvalue weighted by Crippen LogP contribution is 2.30. The number of sulfonamides is 1. The van der Waals surface area contributed by atoms with Crippen LogP contribution in [0.4, 0.5) is 5.69 Å². The second kappa shape index (κ2) is 9.82. The van der Waals surface area contributed by atoms with Crippen molar-refractivity contribution in [1.82, 2.24) is 4.31 Å². The molecule has 29 heavy (non-hydrogen) atoms. The molecule has 0 aromatic heterocycles. The van der Waals surface area contributed by atoms with E-state index in [1.165, 1.54) is 41.4 Å². The van der Waals surface area contributed by atoms with Crippen LogP contribution >= 0.6 is 23.4 Å². The van der Waals surface area contributed by atoms with Crippen molar-refractivity contribution in [2.24, 2.45) is 0 Å². The van der Waals surface area contributed by atoms with E-state index >= 15 is 0 Å². The number of benzene rings is 2. The van der Waals surface area contributed by atoms with Gasteiger partial charge in [-0.1, -0.05) is 23.7 Å². The number of rotatable bonds is 7. The molecule has 10 heteroatoms. The summed E-state index contributed by atoms with van der Waals surface area (Å²) in [5.74, 6) is 0.198. The Bertz CT molecular complexity index is 978. The number of thioether (sulfide) groups is 1.